The van der Waals surface area contributed by atoms with Crippen molar-refractivity contribution >= 4 is 50.0 Å². The molecular formula is C16H18ClFN2O3S2. The molecule has 3 atom stereocenters. The molecule has 9 heteroatoms. The van der Waals surface area contributed by atoms with E-state index in [0.717, 1.165) is 0 Å². The highest BCUT2D eigenvalue weighted by atomic mass is 35.5. The molecule has 136 valence electrons. The zero-order valence-corrected chi connectivity index (χ0v) is 16.2. The second-order valence-corrected chi connectivity index (χ2v) is 10.1. The lowest BCUT2D eigenvalue weighted by Crippen LogP contribution is -2.38. The van der Waals surface area contributed by atoms with Gasteiger partial charge in [-0.1, -0.05) is 37.2 Å². The molecule has 2 saturated heterocycles. The molecule has 1 amide bonds. The summed E-state index contributed by atoms with van der Waals surface area (Å²) in [6.07, 6.45) is 0.664. The smallest absolute Gasteiger partial charge is 0.250 e. The van der Waals surface area contributed by atoms with Crippen molar-refractivity contribution < 1.29 is 17.6 Å². The Kier molecular flexibility index (Phi) is 5.14. The number of amidine groups is 1. The molecule has 2 heterocycles. The molecule has 25 heavy (non-hydrogen) atoms. The summed E-state index contributed by atoms with van der Waals surface area (Å²) in [4.78, 5) is 18.1. The second-order valence-electron chi connectivity index (χ2n) is 6.31. The summed E-state index contributed by atoms with van der Waals surface area (Å²) in [7, 11) is -3.16. The Balaban J connectivity index is 2.02. The van der Waals surface area contributed by atoms with Crippen LogP contribution in [-0.4, -0.2) is 42.3 Å². The Labute approximate surface area is 155 Å². The van der Waals surface area contributed by atoms with Crippen LogP contribution in [0, 0.1) is 11.7 Å². The third kappa shape index (κ3) is 3.71. The fourth-order valence-corrected chi connectivity index (χ4v) is 6.92. The van der Waals surface area contributed by atoms with Crippen LogP contribution in [-0.2, 0) is 14.6 Å². The fraction of sp³-hybridized carbons (Fsp3) is 0.500. The Bertz CT molecular complexity index is 844. The van der Waals surface area contributed by atoms with Gasteiger partial charge in [-0.3, -0.25) is 4.79 Å². The minimum Gasteiger partial charge on any atom is -0.315 e. The van der Waals surface area contributed by atoms with E-state index in [2.05, 4.69) is 4.99 Å². The van der Waals surface area contributed by atoms with Crippen LogP contribution in [0.15, 0.2) is 23.2 Å². The molecule has 2 fully saturated rings. The van der Waals surface area contributed by atoms with E-state index in [1.807, 2.05) is 6.92 Å². The number of anilines is 1. The van der Waals surface area contributed by atoms with Crippen LogP contribution in [0.4, 0.5) is 10.1 Å². The largest absolute Gasteiger partial charge is 0.315 e. The molecule has 3 rings (SSSR count). The molecular weight excluding hydrogens is 387 g/mol. The second kappa shape index (κ2) is 6.89. The quantitative estimate of drug-likeness (QED) is 0.774. The lowest BCUT2D eigenvalue weighted by atomic mass is 10.1. The summed E-state index contributed by atoms with van der Waals surface area (Å²) in [5, 5.41) is 0.199. The van der Waals surface area contributed by atoms with Crippen LogP contribution < -0.4 is 4.90 Å². The van der Waals surface area contributed by atoms with Gasteiger partial charge >= 0.3 is 0 Å². The van der Waals surface area contributed by atoms with E-state index in [4.69, 9.17) is 11.6 Å². The topological polar surface area (TPSA) is 66.8 Å². The molecule has 5 nitrogen and oxygen atoms in total. The number of carbonyl (C=O) groups is 1. The lowest BCUT2D eigenvalue weighted by molar-refractivity contribution is -0.121. The highest BCUT2D eigenvalue weighted by Gasteiger charge is 2.49. The van der Waals surface area contributed by atoms with Crippen molar-refractivity contribution in [3.05, 3.63) is 29.0 Å². The number of rotatable bonds is 3. The van der Waals surface area contributed by atoms with Crippen molar-refractivity contribution in [1.29, 1.82) is 0 Å². The normalized spacial score (nSPS) is 27.5. The van der Waals surface area contributed by atoms with Crippen molar-refractivity contribution in [2.24, 2.45) is 10.9 Å². The maximum Gasteiger partial charge on any atom is 0.250 e. The van der Waals surface area contributed by atoms with E-state index in [-0.39, 0.29) is 39.6 Å². The van der Waals surface area contributed by atoms with E-state index >= 15 is 0 Å². The molecule has 2 aliphatic heterocycles. The zero-order valence-electron chi connectivity index (χ0n) is 13.8. The van der Waals surface area contributed by atoms with E-state index in [1.54, 1.807) is 17.9 Å². The summed E-state index contributed by atoms with van der Waals surface area (Å²) >= 11 is 7.02. The number of hydrogen-bond acceptors (Lipinski definition) is 4. The predicted molar refractivity (Wildman–Crippen MR) is 99.6 cm³/mol. The fourth-order valence-electron chi connectivity index (χ4n) is 2.88. The average molecular weight is 405 g/mol. The number of nitrogens with zero attached hydrogens (tertiary/aromatic N) is 2. The van der Waals surface area contributed by atoms with Gasteiger partial charge in [-0.2, -0.15) is 4.99 Å². The van der Waals surface area contributed by atoms with Gasteiger partial charge in [0.2, 0.25) is 0 Å². The van der Waals surface area contributed by atoms with Crippen LogP contribution in [0.2, 0.25) is 5.02 Å². The lowest BCUT2D eigenvalue weighted by Gasteiger charge is -2.24. The number of hydrogen-bond donors (Lipinski definition) is 0. The number of benzene rings is 1. The van der Waals surface area contributed by atoms with Crippen molar-refractivity contribution in [3.8, 4) is 0 Å². The Hall–Kier alpha value is -1.12. The van der Waals surface area contributed by atoms with Gasteiger partial charge in [-0.25, -0.2) is 12.8 Å². The van der Waals surface area contributed by atoms with Gasteiger partial charge in [0.25, 0.3) is 5.91 Å². The average Bonchev–Trinajstić information content (AvgIpc) is 3.00. The SMILES string of the molecule is CC[C@H](C)C(=O)N=C1S[C@@H]2CS(=O)(=O)C[C@@H]2N1c1ccc(Cl)c(F)c1. The standard InChI is InChI=1S/C16H18ClFN2O3S2/c1-3-9(2)15(21)19-16-20(10-4-5-11(17)12(18)6-10)13-7-25(22,23)8-14(13)24-16/h4-6,9,13-14H,3,7-8H2,1-2H3/t9-,13-,14+/m0/s1. The van der Waals surface area contributed by atoms with Crippen molar-refractivity contribution in [1.82, 2.24) is 0 Å². The Morgan fingerprint density at radius 2 is 2.20 bits per heavy atom. The predicted octanol–water partition coefficient (Wildman–Crippen LogP) is 3.13. The van der Waals surface area contributed by atoms with Crippen molar-refractivity contribution in [2.75, 3.05) is 16.4 Å². The van der Waals surface area contributed by atoms with Gasteiger partial charge in [0.1, 0.15) is 5.82 Å². The first kappa shape index (κ1) is 18.7. The summed E-state index contributed by atoms with van der Waals surface area (Å²) in [5.41, 5.74) is 0.453. The monoisotopic (exact) mass is 404 g/mol. The van der Waals surface area contributed by atoms with Gasteiger partial charge in [-0.05, 0) is 24.6 Å². The van der Waals surface area contributed by atoms with Crippen molar-refractivity contribution in [3.63, 3.8) is 0 Å². The molecule has 0 radical (unpaired) electrons. The minimum absolute atomic E-state index is 0.0136. The summed E-state index contributed by atoms with van der Waals surface area (Å²) < 4.78 is 37.9. The molecule has 0 unspecified atom stereocenters. The van der Waals surface area contributed by atoms with Crippen LogP contribution in [0.3, 0.4) is 0 Å². The minimum atomic E-state index is -3.16. The van der Waals surface area contributed by atoms with Gasteiger partial charge < -0.3 is 4.90 Å². The van der Waals surface area contributed by atoms with E-state index in [0.29, 0.717) is 17.3 Å². The van der Waals surface area contributed by atoms with Gasteiger partial charge in [-0.15, -0.1) is 0 Å². The summed E-state index contributed by atoms with van der Waals surface area (Å²) in [6.45, 7) is 3.70. The first-order valence-corrected chi connectivity index (χ1v) is 11.0. The number of amides is 1. The number of sulfone groups is 1. The molecule has 2 aliphatic rings. The number of thioether (sulfide) groups is 1. The van der Waals surface area contributed by atoms with Crippen LogP contribution in [0.25, 0.3) is 0 Å². The van der Waals surface area contributed by atoms with Crippen LogP contribution in [0.1, 0.15) is 20.3 Å². The molecule has 0 bridgehead atoms. The maximum absolute atomic E-state index is 13.9. The van der Waals surface area contributed by atoms with E-state index in [9.17, 15) is 17.6 Å². The molecule has 0 spiro atoms. The van der Waals surface area contributed by atoms with E-state index < -0.39 is 15.7 Å². The van der Waals surface area contributed by atoms with Crippen molar-refractivity contribution in [2.45, 2.75) is 31.6 Å². The van der Waals surface area contributed by atoms with Gasteiger partial charge in [0.15, 0.2) is 15.0 Å². The first-order chi connectivity index (χ1) is 11.7. The number of aliphatic imine (C=N–C) groups is 1. The number of carbonyl (C=O) groups excluding carboxylic acids is 1. The molecule has 0 N–H and O–H groups in total. The highest BCUT2D eigenvalue weighted by Crippen LogP contribution is 2.41. The first-order valence-electron chi connectivity index (χ1n) is 7.95. The van der Waals surface area contributed by atoms with Crippen LogP contribution >= 0.6 is 23.4 Å². The van der Waals surface area contributed by atoms with Crippen LogP contribution in [0.5, 0.6) is 0 Å². The van der Waals surface area contributed by atoms with Gasteiger partial charge in [0, 0.05) is 16.9 Å². The third-order valence-electron chi connectivity index (χ3n) is 4.49. The summed E-state index contributed by atoms with van der Waals surface area (Å²) in [5.74, 6) is -1.08. The van der Waals surface area contributed by atoms with E-state index in [1.165, 1.54) is 23.9 Å². The Morgan fingerprint density at radius 1 is 1.48 bits per heavy atom. The molecule has 0 aromatic heterocycles. The molecule has 1 aromatic rings. The third-order valence-corrected chi connectivity index (χ3v) is 8.00. The Morgan fingerprint density at radius 3 is 2.84 bits per heavy atom. The van der Waals surface area contributed by atoms with Gasteiger partial charge in [0.05, 0.1) is 22.6 Å². The summed E-state index contributed by atoms with van der Waals surface area (Å²) in [6, 6.07) is 3.92. The number of fused-ring (bicyclic) bond motifs is 1. The highest BCUT2D eigenvalue weighted by molar-refractivity contribution is 8.16. The molecule has 0 saturated carbocycles. The number of halogens is 2. The molecule has 0 aliphatic carbocycles. The maximum atomic E-state index is 13.9. The molecule has 1 aromatic carbocycles. The zero-order chi connectivity index (χ0) is 18.4.